The molecule has 1 saturated heterocycles. The Hall–Kier alpha value is -2.77. The molecule has 0 spiro atoms. The molecule has 0 saturated carbocycles. The molecule has 7 nitrogen and oxygen atoms in total. The summed E-state index contributed by atoms with van der Waals surface area (Å²) in [7, 11) is 0. The molecule has 0 unspecified atom stereocenters. The maximum Gasteiger partial charge on any atom is 0.276 e. The van der Waals surface area contributed by atoms with Crippen molar-refractivity contribution in [1.82, 2.24) is 24.9 Å². The van der Waals surface area contributed by atoms with Gasteiger partial charge < -0.3 is 9.64 Å². The Kier molecular flexibility index (Phi) is 4.64. The first-order valence-electron chi connectivity index (χ1n) is 8.23. The van der Waals surface area contributed by atoms with Crippen molar-refractivity contribution in [3.8, 4) is 16.9 Å². The van der Waals surface area contributed by atoms with Gasteiger partial charge in [0.05, 0.1) is 18.9 Å². The van der Waals surface area contributed by atoms with E-state index in [9.17, 15) is 4.79 Å². The van der Waals surface area contributed by atoms with Gasteiger partial charge in [-0.25, -0.2) is 4.68 Å². The summed E-state index contributed by atoms with van der Waals surface area (Å²) in [5.41, 5.74) is 2.44. The van der Waals surface area contributed by atoms with Crippen molar-refractivity contribution in [3.05, 3.63) is 59.5 Å². The van der Waals surface area contributed by atoms with Gasteiger partial charge in [0.25, 0.3) is 5.91 Å². The summed E-state index contributed by atoms with van der Waals surface area (Å²) in [6.07, 6.45) is 3.38. The fraction of sp³-hybridized carbons (Fsp3) is 0.222. The van der Waals surface area contributed by atoms with Gasteiger partial charge >= 0.3 is 0 Å². The summed E-state index contributed by atoms with van der Waals surface area (Å²) in [5.74, 6) is -0.160. The van der Waals surface area contributed by atoms with Crippen LogP contribution in [0.25, 0.3) is 16.9 Å². The van der Waals surface area contributed by atoms with Gasteiger partial charge in [0, 0.05) is 36.1 Å². The molecule has 0 aliphatic carbocycles. The van der Waals surface area contributed by atoms with Crippen LogP contribution in [0, 0.1) is 0 Å². The Morgan fingerprint density at radius 2 is 1.88 bits per heavy atom. The number of carbonyl (C=O) groups excluding carboxylic acids is 1. The molecular formula is C18H16ClN5O2. The van der Waals surface area contributed by atoms with Crippen LogP contribution in [0.4, 0.5) is 0 Å². The van der Waals surface area contributed by atoms with Crippen LogP contribution in [-0.2, 0) is 4.74 Å². The highest BCUT2D eigenvalue weighted by Crippen LogP contribution is 2.26. The topological polar surface area (TPSA) is 73.1 Å². The Bertz CT molecular complexity index is 905. The molecule has 0 bridgehead atoms. The summed E-state index contributed by atoms with van der Waals surface area (Å²) in [5, 5.41) is 9.04. The number of aromatic nitrogens is 4. The number of halogens is 1. The van der Waals surface area contributed by atoms with Gasteiger partial charge in [-0.1, -0.05) is 16.8 Å². The van der Waals surface area contributed by atoms with Gasteiger partial charge in [0.15, 0.2) is 5.69 Å². The van der Waals surface area contributed by atoms with E-state index in [1.165, 1.54) is 0 Å². The number of rotatable bonds is 3. The van der Waals surface area contributed by atoms with Crippen LogP contribution in [0.1, 0.15) is 10.5 Å². The molecule has 4 rings (SSSR count). The second kappa shape index (κ2) is 7.23. The van der Waals surface area contributed by atoms with E-state index < -0.39 is 0 Å². The van der Waals surface area contributed by atoms with E-state index in [1.807, 2.05) is 24.3 Å². The highest BCUT2D eigenvalue weighted by Gasteiger charge is 2.27. The van der Waals surface area contributed by atoms with Crippen LogP contribution < -0.4 is 0 Å². The lowest BCUT2D eigenvalue weighted by Crippen LogP contribution is -2.41. The number of benzene rings is 1. The van der Waals surface area contributed by atoms with Crippen LogP contribution in [0.3, 0.4) is 0 Å². The number of pyridine rings is 1. The summed E-state index contributed by atoms with van der Waals surface area (Å²) < 4.78 is 6.97. The Balaban J connectivity index is 1.82. The number of hydrogen-bond acceptors (Lipinski definition) is 5. The highest BCUT2D eigenvalue weighted by molar-refractivity contribution is 6.30. The maximum atomic E-state index is 13.0. The predicted octanol–water partition coefficient (Wildman–Crippen LogP) is 2.46. The lowest BCUT2D eigenvalue weighted by Gasteiger charge is -2.26. The average molecular weight is 370 g/mol. The number of amides is 1. The molecule has 26 heavy (non-hydrogen) atoms. The third-order valence-corrected chi connectivity index (χ3v) is 4.43. The molecule has 0 atom stereocenters. The fourth-order valence-corrected chi connectivity index (χ4v) is 2.99. The van der Waals surface area contributed by atoms with Crippen LogP contribution in [-0.4, -0.2) is 57.1 Å². The lowest BCUT2D eigenvalue weighted by atomic mass is 10.1. The molecule has 1 amide bonds. The number of ether oxygens (including phenoxy) is 1. The summed E-state index contributed by atoms with van der Waals surface area (Å²) in [6, 6.07) is 10.9. The third-order valence-electron chi connectivity index (χ3n) is 4.18. The average Bonchev–Trinajstić information content (AvgIpc) is 3.14. The first kappa shape index (κ1) is 16.7. The molecule has 2 aromatic heterocycles. The quantitative estimate of drug-likeness (QED) is 0.709. The van der Waals surface area contributed by atoms with Crippen molar-refractivity contribution in [2.75, 3.05) is 26.3 Å². The fourth-order valence-electron chi connectivity index (χ4n) is 2.87. The lowest BCUT2D eigenvalue weighted by molar-refractivity contribution is 0.0299. The van der Waals surface area contributed by atoms with Gasteiger partial charge in [-0.2, -0.15) is 0 Å². The van der Waals surface area contributed by atoms with Crippen molar-refractivity contribution < 1.29 is 9.53 Å². The van der Waals surface area contributed by atoms with E-state index >= 15 is 0 Å². The monoisotopic (exact) mass is 369 g/mol. The molecule has 3 heterocycles. The van der Waals surface area contributed by atoms with Crippen LogP contribution >= 0.6 is 11.6 Å². The standard InChI is InChI=1S/C18H16ClN5O2/c19-14-3-5-15(6-4-14)24-17(13-2-1-7-20-12-13)16(21-22-24)18(25)23-8-10-26-11-9-23/h1-7,12H,8-11H2. The molecule has 0 N–H and O–H groups in total. The van der Waals surface area contributed by atoms with E-state index in [0.717, 1.165) is 11.3 Å². The zero-order chi connectivity index (χ0) is 17.9. The molecule has 1 aromatic carbocycles. The zero-order valence-corrected chi connectivity index (χ0v) is 14.6. The van der Waals surface area contributed by atoms with Crippen molar-refractivity contribution >= 4 is 17.5 Å². The number of carbonyl (C=O) groups is 1. The first-order chi connectivity index (χ1) is 12.7. The normalized spacial score (nSPS) is 14.4. The van der Waals surface area contributed by atoms with E-state index in [4.69, 9.17) is 16.3 Å². The Morgan fingerprint density at radius 3 is 2.58 bits per heavy atom. The van der Waals surface area contributed by atoms with Gasteiger partial charge in [-0.05, 0) is 36.4 Å². The molecular weight excluding hydrogens is 354 g/mol. The summed E-state index contributed by atoms with van der Waals surface area (Å²) >= 11 is 5.99. The van der Waals surface area contributed by atoms with E-state index in [2.05, 4.69) is 15.3 Å². The van der Waals surface area contributed by atoms with E-state index in [-0.39, 0.29) is 5.91 Å². The third kappa shape index (κ3) is 3.18. The SMILES string of the molecule is O=C(c1nnn(-c2ccc(Cl)cc2)c1-c1cccnc1)N1CCOCC1. The first-order valence-corrected chi connectivity index (χ1v) is 8.61. The van der Waals surface area contributed by atoms with Gasteiger partial charge in [0.2, 0.25) is 0 Å². The number of morpholine rings is 1. The molecule has 8 heteroatoms. The van der Waals surface area contributed by atoms with Gasteiger partial charge in [-0.15, -0.1) is 5.10 Å². The minimum Gasteiger partial charge on any atom is -0.378 e. The van der Waals surface area contributed by atoms with E-state index in [1.54, 1.807) is 34.1 Å². The molecule has 1 fully saturated rings. The smallest absolute Gasteiger partial charge is 0.276 e. The van der Waals surface area contributed by atoms with Crippen molar-refractivity contribution in [2.24, 2.45) is 0 Å². The second-order valence-corrected chi connectivity index (χ2v) is 6.26. The Morgan fingerprint density at radius 1 is 1.12 bits per heavy atom. The number of nitrogens with zero attached hydrogens (tertiary/aromatic N) is 5. The largest absolute Gasteiger partial charge is 0.378 e. The molecule has 1 aliphatic rings. The predicted molar refractivity (Wildman–Crippen MR) is 96.3 cm³/mol. The van der Waals surface area contributed by atoms with Crippen molar-refractivity contribution in [1.29, 1.82) is 0 Å². The minimum absolute atomic E-state index is 0.160. The minimum atomic E-state index is -0.160. The second-order valence-electron chi connectivity index (χ2n) is 5.82. The Labute approximate surface area is 155 Å². The zero-order valence-electron chi connectivity index (χ0n) is 13.9. The molecule has 0 radical (unpaired) electrons. The summed E-state index contributed by atoms with van der Waals surface area (Å²) in [4.78, 5) is 18.9. The van der Waals surface area contributed by atoms with Crippen LogP contribution in [0.5, 0.6) is 0 Å². The molecule has 132 valence electrons. The molecule has 1 aliphatic heterocycles. The van der Waals surface area contributed by atoms with Crippen molar-refractivity contribution in [3.63, 3.8) is 0 Å². The molecule has 3 aromatic rings. The maximum absolute atomic E-state index is 13.0. The van der Waals surface area contributed by atoms with E-state index in [0.29, 0.717) is 42.7 Å². The highest BCUT2D eigenvalue weighted by atomic mass is 35.5. The van der Waals surface area contributed by atoms with Crippen LogP contribution in [0.15, 0.2) is 48.8 Å². The van der Waals surface area contributed by atoms with Gasteiger partial charge in [-0.3, -0.25) is 9.78 Å². The van der Waals surface area contributed by atoms with Crippen molar-refractivity contribution in [2.45, 2.75) is 0 Å². The van der Waals surface area contributed by atoms with Crippen LogP contribution in [0.2, 0.25) is 5.02 Å². The van der Waals surface area contributed by atoms with Gasteiger partial charge in [0.1, 0.15) is 5.69 Å². The number of hydrogen-bond donors (Lipinski definition) is 0. The summed E-state index contributed by atoms with van der Waals surface area (Å²) in [6.45, 7) is 2.14.